The lowest BCUT2D eigenvalue weighted by atomic mass is 10.0. The smallest absolute Gasteiger partial charge is 0.379 e. The van der Waals surface area contributed by atoms with Crippen molar-refractivity contribution in [3.8, 4) is 11.3 Å². The summed E-state index contributed by atoms with van der Waals surface area (Å²) in [6, 6.07) is 3.77. The number of morpholine rings is 1. The Balaban J connectivity index is 1.59. The summed E-state index contributed by atoms with van der Waals surface area (Å²) in [6.45, 7) is 7.64. The topological polar surface area (TPSA) is 43.2 Å². The molecule has 5 nitrogen and oxygen atoms in total. The molecular weight excluding hydrogens is 381 g/mol. The van der Waals surface area contributed by atoms with Gasteiger partial charge in [-0.25, -0.2) is 0 Å². The van der Waals surface area contributed by atoms with E-state index in [1.165, 1.54) is 6.20 Å². The number of aromatic nitrogens is 3. The molecule has 29 heavy (non-hydrogen) atoms. The van der Waals surface area contributed by atoms with Gasteiger partial charge < -0.3 is 4.74 Å². The molecule has 2 aliphatic rings. The molecule has 2 aromatic rings. The highest BCUT2D eigenvalue weighted by Gasteiger charge is 2.34. The Kier molecular flexibility index (Phi) is 5.66. The standard InChI is InChI=1S/C21H27F3N4O/c1-14(2)28-20(15-3-4-18(10-15)27-5-7-29-8-6-27)11-19(26-28)16-9-17(13-25-12-16)21(22,23)24/h9,11-15,18H,3-8,10H2,1-2H3/t15-,18+/m0/s1. The molecule has 0 bridgehead atoms. The van der Waals surface area contributed by atoms with Crippen LogP contribution in [0.4, 0.5) is 13.2 Å². The second-order valence-electron chi connectivity index (χ2n) is 8.26. The van der Waals surface area contributed by atoms with Gasteiger partial charge in [0.15, 0.2) is 0 Å². The van der Waals surface area contributed by atoms with E-state index in [1.807, 2.05) is 10.7 Å². The fraction of sp³-hybridized carbons (Fsp3) is 0.619. The van der Waals surface area contributed by atoms with Gasteiger partial charge in [-0.15, -0.1) is 0 Å². The van der Waals surface area contributed by atoms with Gasteiger partial charge in [-0.05, 0) is 45.2 Å². The Labute approximate surface area is 168 Å². The highest BCUT2D eigenvalue weighted by molar-refractivity contribution is 5.59. The van der Waals surface area contributed by atoms with E-state index >= 15 is 0 Å². The van der Waals surface area contributed by atoms with E-state index in [2.05, 4.69) is 28.8 Å². The van der Waals surface area contributed by atoms with Gasteiger partial charge in [0.1, 0.15) is 0 Å². The second-order valence-corrected chi connectivity index (χ2v) is 8.26. The Bertz CT molecular complexity index is 843. The first kappa shape index (κ1) is 20.3. The fourth-order valence-electron chi connectivity index (χ4n) is 4.50. The predicted octanol–water partition coefficient (Wildman–Crippen LogP) is 4.51. The monoisotopic (exact) mass is 408 g/mol. The van der Waals surface area contributed by atoms with Crippen LogP contribution in [0.1, 0.15) is 56.3 Å². The Morgan fingerprint density at radius 3 is 2.55 bits per heavy atom. The minimum Gasteiger partial charge on any atom is -0.379 e. The van der Waals surface area contributed by atoms with Gasteiger partial charge in [0.25, 0.3) is 0 Å². The van der Waals surface area contributed by atoms with Gasteiger partial charge in [0, 0.05) is 54.7 Å². The van der Waals surface area contributed by atoms with Crippen molar-refractivity contribution >= 4 is 0 Å². The number of hydrogen-bond acceptors (Lipinski definition) is 4. The molecule has 0 aromatic carbocycles. The average molecular weight is 408 g/mol. The number of pyridine rings is 1. The number of hydrogen-bond donors (Lipinski definition) is 0. The number of halogens is 3. The third-order valence-electron chi connectivity index (χ3n) is 6.00. The number of ether oxygens (including phenoxy) is 1. The van der Waals surface area contributed by atoms with Crippen molar-refractivity contribution < 1.29 is 17.9 Å². The number of alkyl halides is 3. The molecule has 4 rings (SSSR count). The zero-order valence-electron chi connectivity index (χ0n) is 16.8. The van der Waals surface area contributed by atoms with Crippen LogP contribution in [-0.2, 0) is 10.9 Å². The van der Waals surface area contributed by atoms with Gasteiger partial charge in [0.05, 0.1) is 24.5 Å². The predicted molar refractivity (Wildman–Crippen MR) is 104 cm³/mol. The van der Waals surface area contributed by atoms with Gasteiger partial charge in [0.2, 0.25) is 0 Å². The first-order valence-corrected chi connectivity index (χ1v) is 10.3. The normalized spacial score (nSPS) is 23.8. The zero-order valence-corrected chi connectivity index (χ0v) is 16.8. The van der Waals surface area contributed by atoms with Gasteiger partial charge in [-0.1, -0.05) is 0 Å². The Morgan fingerprint density at radius 2 is 1.86 bits per heavy atom. The van der Waals surface area contributed by atoms with Gasteiger partial charge in [-0.2, -0.15) is 18.3 Å². The van der Waals surface area contributed by atoms with Crippen LogP contribution in [-0.4, -0.2) is 52.0 Å². The maximum absolute atomic E-state index is 13.1. The van der Waals surface area contributed by atoms with Crippen LogP contribution < -0.4 is 0 Å². The molecule has 1 saturated carbocycles. The molecule has 3 heterocycles. The molecule has 0 amide bonds. The van der Waals surface area contributed by atoms with E-state index < -0.39 is 11.7 Å². The summed E-state index contributed by atoms with van der Waals surface area (Å²) in [4.78, 5) is 6.31. The summed E-state index contributed by atoms with van der Waals surface area (Å²) in [5.41, 5.74) is 1.33. The van der Waals surface area contributed by atoms with Crippen LogP contribution in [0.15, 0.2) is 24.5 Å². The minimum atomic E-state index is -4.41. The minimum absolute atomic E-state index is 0.139. The van der Waals surface area contributed by atoms with Gasteiger partial charge in [-0.3, -0.25) is 14.6 Å². The van der Waals surface area contributed by atoms with E-state index in [0.29, 0.717) is 23.2 Å². The quantitative estimate of drug-likeness (QED) is 0.747. The lowest BCUT2D eigenvalue weighted by Crippen LogP contribution is -2.42. The number of rotatable bonds is 4. The Hall–Kier alpha value is -1.93. The van der Waals surface area contributed by atoms with Crippen molar-refractivity contribution in [2.75, 3.05) is 26.3 Å². The molecule has 2 aromatic heterocycles. The van der Waals surface area contributed by atoms with Crippen LogP contribution in [0.2, 0.25) is 0 Å². The van der Waals surface area contributed by atoms with Gasteiger partial charge >= 0.3 is 6.18 Å². The molecule has 1 aliphatic carbocycles. The maximum atomic E-state index is 13.1. The summed E-state index contributed by atoms with van der Waals surface area (Å²) < 4.78 is 46.7. The van der Waals surface area contributed by atoms with E-state index in [-0.39, 0.29) is 6.04 Å². The molecule has 1 aliphatic heterocycles. The summed E-state index contributed by atoms with van der Waals surface area (Å²) in [5.74, 6) is 0.366. The highest BCUT2D eigenvalue weighted by Crippen LogP contribution is 2.39. The molecule has 2 atom stereocenters. The van der Waals surface area contributed by atoms with Crippen LogP contribution >= 0.6 is 0 Å². The largest absolute Gasteiger partial charge is 0.417 e. The van der Waals surface area contributed by atoms with E-state index in [1.54, 1.807) is 0 Å². The maximum Gasteiger partial charge on any atom is 0.417 e. The first-order valence-electron chi connectivity index (χ1n) is 10.3. The van der Waals surface area contributed by atoms with Crippen molar-refractivity contribution in [1.29, 1.82) is 0 Å². The van der Waals surface area contributed by atoms with E-state index in [9.17, 15) is 13.2 Å². The third kappa shape index (κ3) is 4.33. The van der Waals surface area contributed by atoms with Crippen molar-refractivity contribution in [1.82, 2.24) is 19.7 Å². The molecule has 0 unspecified atom stereocenters. The van der Waals surface area contributed by atoms with Crippen molar-refractivity contribution in [2.24, 2.45) is 0 Å². The summed E-state index contributed by atoms with van der Waals surface area (Å²) in [7, 11) is 0. The second kappa shape index (κ2) is 8.07. The fourth-order valence-corrected chi connectivity index (χ4v) is 4.50. The first-order chi connectivity index (χ1) is 13.8. The molecule has 158 valence electrons. The molecule has 1 saturated heterocycles. The third-order valence-corrected chi connectivity index (χ3v) is 6.00. The molecule has 0 N–H and O–H groups in total. The van der Waals surface area contributed by atoms with E-state index in [4.69, 9.17) is 4.74 Å². The summed E-state index contributed by atoms with van der Waals surface area (Å²) in [6.07, 6.45) is 1.15. The van der Waals surface area contributed by atoms with Crippen LogP contribution in [0.5, 0.6) is 0 Å². The lowest BCUT2D eigenvalue weighted by molar-refractivity contribution is -0.137. The summed E-state index contributed by atoms with van der Waals surface area (Å²) in [5, 5.41) is 4.66. The lowest BCUT2D eigenvalue weighted by Gasteiger charge is -2.32. The Morgan fingerprint density at radius 1 is 1.10 bits per heavy atom. The highest BCUT2D eigenvalue weighted by atomic mass is 19.4. The molecular formula is C21H27F3N4O. The van der Waals surface area contributed by atoms with E-state index in [0.717, 1.165) is 63.5 Å². The SMILES string of the molecule is CC(C)n1nc(-c2cncc(C(F)(F)F)c2)cc1[C@H]1CC[C@@H](N2CCOCC2)C1. The average Bonchev–Trinajstić information content (AvgIpc) is 3.35. The molecule has 0 radical (unpaired) electrons. The van der Waals surface area contributed by atoms with Crippen LogP contribution in [0.25, 0.3) is 11.3 Å². The molecule has 0 spiro atoms. The van der Waals surface area contributed by atoms with Crippen molar-refractivity contribution in [3.63, 3.8) is 0 Å². The number of nitrogens with zero attached hydrogens (tertiary/aromatic N) is 4. The van der Waals surface area contributed by atoms with Crippen LogP contribution in [0, 0.1) is 0 Å². The molecule has 2 fully saturated rings. The van der Waals surface area contributed by atoms with Crippen molar-refractivity contribution in [2.45, 2.75) is 57.3 Å². The van der Waals surface area contributed by atoms with Crippen LogP contribution in [0.3, 0.4) is 0 Å². The van der Waals surface area contributed by atoms with Crippen molar-refractivity contribution in [3.05, 3.63) is 35.8 Å². The summed E-state index contributed by atoms with van der Waals surface area (Å²) >= 11 is 0. The molecule has 8 heteroatoms. The zero-order chi connectivity index (χ0) is 20.6.